The average molecular weight is 230 g/mol. The second kappa shape index (κ2) is 4.94. The first kappa shape index (κ1) is 11.6. The van der Waals surface area contributed by atoms with E-state index in [1.807, 2.05) is 24.3 Å². The van der Waals surface area contributed by atoms with E-state index in [-0.39, 0.29) is 5.46 Å². The van der Waals surface area contributed by atoms with Crippen molar-refractivity contribution < 1.29 is 14.8 Å². The largest absolute Gasteiger partial charge is 0.497 e. The van der Waals surface area contributed by atoms with Crippen molar-refractivity contribution >= 4 is 12.6 Å². The van der Waals surface area contributed by atoms with Gasteiger partial charge in [-0.2, -0.15) is 0 Å². The Morgan fingerprint density at radius 2 is 1.65 bits per heavy atom. The molecule has 5 nitrogen and oxygen atoms in total. The molecule has 0 aliphatic rings. The van der Waals surface area contributed by atoms with Gasteiger partial charge in [-0.25, -0.2) is 9.97 Å². The molecule has 0 spiro atoms. The highest BCUT2D eigenvalue weighted by Gasteiger charge is 2.12. The van der Waals surface area contributed by atoms with Crippen molar-refractivity contribution in [2.24, 2.45) is 0 Å². The molecule has 2 N–H and O–H groups in total. The number of hydrogen-bond acceptors (Lipinski definition) is 5. The lowest BCUT2D eigenvalue weighted by molar-refractivity contribution is 0.415. The van der Waals surface area contributed by atoms with Gasteiger partial charge in [-0.1, -0.05) is 0 Å². The molecular weight excluding hydrogens is 219 g/mol. The fourth-order valence-corrected chi connectivity index (χ4v) is 1.36. The van der Waals surface area contributed by atoms with Crippen LogP contribution in [0.1, 0.15) is 0 Å². The first-order valence-electron chi connectivity index (χ1n) is 5.03. The second-order valence-corrected chi connectivity index (χ2v) is 3.44. The lowest BCUT2D eigenvalue weighted by atomic mass is 9.83. The minimum absolute atomic E-state index is 0.266. The summed E-state index contributed by atoms with van der Waals surface area (Å²) in [5.41, 5.74) is 1.10. The van der Waals surface area contributed by atoms with Gasteiger partial charge in [0.2, 0.25) is 0 Å². The van der Waals surface area contributed by atoms with Crippen molar-refractivity contribution in [3.63, 3.8) is 0 Å². The van der Waals surface area contributed by atoms with Gasteiger partial charge in [0.25, 0.3) is 0 Å². The Morgan fingerprint density at radius 3 is 2.12 bits per heavy atom. The molecule has 0 amide bonds. The van der Waals surface area contributed by atoms with E-state index in [0.29, 0.717) is 5.82 Å². The van der Waals surface area contributed by atoms with Crippen molar-refractivity contribution in [3.8, 4) is 17.1 Å². The third-order valence-electron chi connectivity index (χ3n) is 2.32. The summed E-state index contributed by atoms with van der Waals surface area (Å²) < 4.78 is 5.05. The highest BCUT2D eigenvalue weighted by Crippen LogP contribution is 2.17. The van der Waals surface area contributed by atoms with Gasteiger partial charge in [0.1, 0.15) is 5.75 Å². The number of aromatic nitrogens is 2. The molecule has 1 aromatic carbocycles. The fraction of sp³-hybridized carbons (Fsp3) is 0.0909. The van der Waals surface area contributed by atoms with E-state index in [1.165, 1.54) is 12.4 Å². The van der Waals surface area contributed by atoms with Crippen LogP contribution in [0.5, 0.6) is 5.75 Å². The molecule has 1 aromatic heterocycles. The maximum absolute atomic E-state index is 8.91. The molecule has 0 unspecified atom stereocenters. The molecule has 6 heteroatoms. The van der Waals surface area contributed by atoms with Gasteiger partial charge >= 0.3 is 7.12 Å². The lowest BCUT2D eigenvalue weighted by Gasteiger charge is -2.03. The molecule has 1 heterocycles. The summed E-state index contributed by atoms with van der Waals surface area (Å²) in [5, 5.41) is 17.8. The summed E-state index contributed by atoms with van der Waals surface area (Å²) in [6, 6.07) is 7.30. The topological polar surface area (TPSA) is 75.5 Å². The quantitative estimate of drug-likeness (QED) is 0.716. The molecule has 0 aliphatic carbocycles. The number of rotatable bonds is 3. The summed E-state index contributed by atoms with van der Waals surface area (Å²) in [4.78, 5) is 8.11. The van der Waals surface area contributed by atoms with Crippen LogP contribution in [0.15, 0.2) is 36.7 Å². The Balaban J connectivity index is 2.26. The predicted molar refractivity (Wildman–Crippen MR) is 63.8 cm³/mol. The molecule has 0 fully saturated rings. The predicted octanol–water partition coefficient (Wildman–Crippen LogP) is -0.168. The van der Waals surface area contributed by atoms with Gasteiger partial charge in [-0.3, -0.25) is 0 Å². The molecule has 0 saturated carbocycles. The summed E-state index contributed by atoms with van der Waals surface area (Å²) in [5.74, 6) is 1.29. The molecule has 0 atom stereocenters. The van der Waals surface area contributed by atoms with Gasteiger partial charge < -0.3 is 14.8 Å². The van der Waals surface area contributed by atoms with Crippen molar-refractivity contribution in [3.05, 3.63) is 36.7 Å². The zero-order chi connectivity index (χ0) is 12.3. The minimum atomic E-state index is -1.54. The van der Waals surface area contributed by atoms with E-state index >= 15 is 0 Å². The highest BCUT2D eigenvalue weighted by atomic mass is 16.5. The Hall–Kier alpha value is -1.92. The Kier molecular flexibility index (Phi) is 3.36. The van der Waals surface area contributed by atoms with E-state index in [4.69, 9.17) is 14.8 Å². The number of benzene rings is 1. The number of nitrogens with zero attached hydrogens (tertiary/aromatic N) is 2. The van der Waals surface area contributed by atoms with Crippen LogP contribution in [-0.4, -0.2) is 34.2 Å². The van der Waals surface area contributed by atoms with Gasteiger partial charge in [-0.05, 0) is 24.3 Å². The first-order chi connectivity index (χ1) is 8.20. The number of hydrogen-bond donors (Lipinski definition) is 2. The Labute approximate surface area is 98.9 Å². The van der Waals surface area contributed by atoms with Crippen LogP contribution < -0.4 is 10.2 Å². The normalized spacial score (nSPS) is 10.1. The molecule has 0 saturated heterocycles. The van der Waals surface area contributed by atoms with Crippen LogP contribution in [0.4, 0.5) is 0 Å². The third kappa shape index (κ3) is 2.61. The van der Waals surface area contributed by atoms with Gasteiger partial charge in [0.05, 0.1) is 7.11 Å². The highest BCUT2D eigenvalue weighted by molar-refractivity contribution is 6.58. The fourth-order valence-electron chi connectivity index (χ4n) is 1.36. The lowest BCUT2D eigenvalue weighted by Crippen LogP contribution is -2.30. The minimum Gasteiger partial charge on any atom is -0.497 e. The molecule has 0 aliphatic heterocycles. The zero-order valence-electron chi connectivity index (χ0n) is 9.24. The van der Waals surface area contributed by atoms with E-state index in [0.717, 1.165) is 11.3 Å². The summed E-state index contributed by atoms with van der Waals surface area (Å²) in [6.45, 7) is 0. The zero-order valence-corrected chi connectivity index (χ0v) is 9.24. The second-order valence-electron chi connectivity index (χ2n) is 3.44. The van der Waals surface area contributed by atoms with Crippen molar-refractivity contribution in [1.82, 2.24) is 9.97 Å². The first-order valence-corrected chi connectivity index (χ1v) is 5.03. The van der Waals surface area contributed by atoms with Crippen LogP contribution >= 0.6 is 0 Å². The van der Waals surface area contributed by atoms with Gasteiger partial charge in [0, 0.05) is 23.4 Å². The Bertz CT molecular complexity index is 485. The summed E-state index contributed by atoms with van der Waals surface area (Å²) in [7, 11) is 0.0584. The standard InChI is InChI=1S/C11H11BN2O3/c1-17-10-4-2-8(3-5-10)11-13-6-9(7-14-11)12(15)16/h2-7,15-16H,1H3. The molecule has 2 rings (SSSR count). The van der Waals surface area contributed by atoms with Crippen LogP contribution in [0.2, 0.25) is 0 Å². The van der Waals surface area contributed by atoms with E-state index in [9.17, 15) is 0 Å². The number of methoxy groups -OCH3 is 1. The Morgan fingerprint density at radius 1 is 1.06 bits per heavy atom. The molecule has 0 bridgehead atoms. The molecule has 86 valence electrons. The SMILES string of the molecule is COc1ccc(-c2ncc(B(O)O)cn2)cc1. The van der Waals surface area contributed by atoms with Crippen LogP contribution in [0, 0.1) is 0 Å². The van der Waals surface area contributed by atoms with Gasteiger partial charge in [0.15, 0.2) is 5.82 Å². The molecular formula is C11H11BN2O3. The van der Waals surface area contributed by atoms with Crippen molar-refractivity contribution in [2.45, 2.75) is 0 Å². The van der Waals surface area contributed by atoms with Crippen molar-refractivity contribution in [1.29, 1.82) is 0 Å². The van der Waals surface area contributed by atoms with E-state index < -0.39 is 7.12 Å². The molecule has 2 aromatic rings. The van der Waals surface area contributed by atoms with Crippen molar-refractivity contribution in [2.75, 3.05) is 7.11 Å². The van der Waals surface area contributed by atoms with Gasteiger partial charge in [-0.15, -0.1) is 0 Å². The molecule has 17 heavy (non-hydrogen) atoms. The maximum atomic E-state index is 8.91. The van der Waals surface area contributed by atoms with E-state index in [2.05, 4.69) is 9.97 Å². The summed E-state index contributed by atoms with van der Waals surface area (Å²) in [6.07, 6.45) is 2.77. The smallest absolute Gasteiger partial charge is 0.491 e. The average Bonchev–Trinajstić information content (AvgIpc) is 2.39. The van der Waals surface area contributed by atoms with Crippen LogP contribution in [0.3, 0.4) is 0 Å². The third-order valence-corrected chi connectivity index (χ3v) is 2.32. The van der Waals surface area contributed by atoms with E-state index in [1.54, 1.807) is 7.11 Å². The monoisotopic (exact) mass is 230 g/mol. The van der Waals surface area contributed by atoms with Crippen LogP contribution in [0.25, 0.3) is 11.4 Å². The summed E-state index contributed by atoms with van der Waals surface area (Å²) >= 11 is 0. The van der Waals surface area contributed by atoms with Crippen LogP contribution in [-0.2, 0) is 0 Å². The molecule has 0 radical (unpaired) electrons. The number of ether oxygens (including phenoxy) is 1. The maximum Gasteiger partial charge on any atom is 0.491 e.